The van der Waals surface area contributed by atoms with Crippen molar-refractivity contribution < 1.29 is 38.5 Å². The van der Waals surface area contributed by atoms with Crippen LogP contribution in [-0.4, -0.2) is 47.7 Å². The molecule has 0 heterocycles. The lowest BCUT2D eigenvalue weighted by Gasteiger charge is -2.19. The fourth-order valence-corrected chi connectivity index (χ4v) is 2.55. The predicted octanol–water partition coefficient (Wildman–Crippen LogP) is 2.63. The van der Waals surface area contributed by atoms with Gasteiger partial charge in [-0.2, -0.15) is 0 Å². The van der Waals surface area contributed by atoms with Crippen LogP contribution in [0, 0.1) is 0 Å². The minimum absolute atomic E-state index is 0.0529. The highest BCUT2D eigenvalue weighted by molar-refractivity contribution is 5.76. The Morgan fingerprint density at radius 2 is 1.58 bits per heavy atom. The summed E-state index contributed by atoms with van der Waals surface area (Å²) in [7, 11) is 0. The third-order valence-corrected chi connectivity index (χ3v) is 4.21. The van der Waals surface area contributed by atoms with E-state index >= 15 is 0 Å². The molecule has 0 amide bonds. The van der Waals surface area contributed by atoms with Crippen molar-refractivity contribution in [3.8, 4) is 11.5 Å². The second-order valence-corrected chi connectivity index (χ2v) is 6.99. The Labute approximate surface area is 182 Å². The molecule has 0 saturated heterocycles. The lowest BCUT2D eigenvalue weighted by Crippen LogP contribution is -2.42. The van der Waals surface area contributed by atoms with E-state index in [1.807, 2.05) is 6.92 Å². The molecule has 1 aromatic carbocycles. The number of nitrogens with one attached hydrogen (secondary N) is 1. The fourth-order valence-electron chi connectivity index (χ4n) is 2.55. The monoisotopic (exact) mass is 437 g/mol. The summed E-state index contributed by atoms with van der Waals surface area (Å²) >= 11 is 0. The maximum absolute atomic E-state index is 11.7. The van der Waals surface area contributed by atoms with Crippen LogP contribution in [0.5, 0.6) is 11.5 Å². The summed E-state index contributed by atoms with van der Waals surface area (Å²) in [6.07, 6.45) is 0.835. The number of rotatable bonds is 13. The van der Waals surface area contributed by atoms with Crippen molar-refractivity contribution in [1.29, 1.82) is 0 Å². The molecule has 0 fully saturated rings. The molecule has 0 aliphatic carbocycles. The van der Waals surface area contributed by atoms with E-state index in [9.17, 15) is 24.3 Å². The van der Waals surface area contributed by atoms with E-state index in [-0.39, 0.29) is 43.3 Å². The van der Waals surface area contributed by atoms with E-state index < -0.39 is 30.1 Å². The zero-order valence-electron chi connectivity index (χ0n) is 18.4. The summed E-state index contributed by atoms with van der Waals surface area (Å²) in [5, 5.41) is 12.4. The topological polar surface area (TPSA) is 128 Å². The SMILES string of the molecule is CCCC(=O)OC(C)CN[C@@H](Cc1ccc(OC(=O)CC)c(OC(=O)CC)c1)C(=O)O. The second kappa shape index (κ2) is 13.4. The van der Waals surface area contributed by atoms with Crippen molar-refractivity contribution >= 4 is 23.9 Å². The lowest BCUT2D eigenvalue weighted by molar-refractivity contribution is -0.148. The number of benzene rings is 1. The number of aliphatic carboxylic acids is 1. The van der Waals surface area contributed by atoms with Crippen LogP contribution in [-0.2, 0) is 30.3 Å². The zero-order valence-corrected chi connectivity index (χ0v) is 18.4. The Kier molecular flexibility index (Phi) is 11.3. The first kappa shape index (κ1) is 26.1. The minimum Gasteiger partial charge on any atom is -0.480 e. The highest BCUT2D eigenvalue weighted by Crippen LogP contribution is 2.30. The van der Waals surface area contributed by atoms with Gasteiger partial charge < -0.3 is 24.6 Å². The van der Waals surface area contributed by atoms with Gasteiger partial charge in [0.05, 0.1) is 0 Å². The number of carboxylic acids is 1. The van der Waals surface area contributed by atoms with Gasteiger partial charge in [-0.15, -0.1) is 0 Å². The summed E-state index contributed by atoms with van der Waals surface area (Å²) in [6.45, 7) is 6.97. The normalized spacial score (nSPS) is 12.5. The summed E-state index contributed by atoms with van der Waals surface area (Å²) in [6, 6.07) is 3.58. The van der Waals surface area contributed by atoms with Crippen LogP contribution >= 0.6 is 0 Å². The quantitative estimate of drug-likeness (QED) is 0.353. The van der Waals surface area contributed by atoms with Gasteiger partial charge in [-0.3, -0.25) is 19.2 Å². The van der Waals surface area contributed by atoms with Crippen LogP contribution in [0.4, 0.5) is 0 Å². The molecule has 0 spiro atoms. The largest absolute Gasteiger partial charge is 0.480 e. The number of esters is 3. The van der Waals surface area contributed by atoms with E-state index in [0.717, 1.165) is 0 Å². The minimum atomic E-state index is -1.08. The molecule has 0 aromatic heterocycles. The smallest absolute Gasteiger partial charge is 0.321 e. The fraction of sp³-hybridized carbons (Fsp3) is 0.545. The van der Waals surface area contributed by atoms with E-state index in [1.165, 1.54) is 12.1 Å². The van der Waals surface area contributed by atoms with Gasteiger partial charge in [0.2, 0.25) is 0 Å². The van der Waals surface area contributed by atoms with Crippen molar-refractivity contribution in [2.45, 2.75) is 71.9 Å². The summed E-state index contributed by atoms with van der Waals surface area (Å²) < 4.78 is 15.6. The molecule has 9 heteroatoms. The highest BCUT2D eigenvalue weighted by atomic mass is 16.6. The van der Waals surface area contributed by atoms with Crippen LogP contribution in [0.2, 0.25) is 0 Å². The van der Waals surface area contributed by atoms with Crippen LogP contribution < -0.4 is 14.8 Å². The molecule has 0 saturated carbocycles. The van der Waals surface area contributed by atoms with Crippen molar-refractivity contribution in [2.75, 3.05) is 6.54 Å². The van der Waals surface area contributed by atoms with Crippen molar-refractivity contribution in [3.05, 3.63) is 23.8 Å². The van der Waals surface area contributed by atoms with Gasteiger partial charge in [-0.25, -0.2) is 0 Å². The van der Waals surface area contributed by atoms with Crippen molar-refractivity contribution in [2.24, 2.45) is 0 Å². The third-order valence-electron chi connectivity index (χ3n) is 4.21. The van der Waals surface area contributed by atoms with Gasteiger partial charge in [0.1, 0.15) is 12.1 Å². The summed E-state index contributed by atoms with van der Waals surface area (Å²) in [5.41, 5.74) is 0.561. The molecule has 2 atom stereocenters. The molecule has 0 aliphatic rings. The molecule has 0 aliphatic heterocycles. The predicted molar refractivity (Wildman–Crippen MR) is 112 cm³/mol. The van der Waals surface area contributed by atoms with Crippen LogP contribution in [0.15, 0.2) is 18.2 Å². The number of carbonyl (C=O) groups is 4. The molecular formula is C22H31NO8. The first-order chi connectivity index (χ1) is 14.7. The molecule has 1 aromatic rings. The van der Waals surface area contributed by atoms with E-state index in [1.54, 1.807) is 26.8 Å². The molecule has 31 heavy (non-hydrogen) atoms. The lowest BCUT2D eigenvalue weighted by atomic mass is 10.0. The van der Waals surface area contributed by atoms with Crippen LogP contribution in [0.25, 0.3) is 0 Å². The van der Waals surface area contributed by atoms with Gasteiger partial charge in [0.15, 0.2) is 11.5 Å². The number of carbonyl (C=O) groups excluding carboxylic acids is 3. The van der Waals surface area contributed by atoms with Crippen LogP contribution in [0.1, 0.15) is 58.9 Å². The Morgan fingerprint density at radius 3 is 2.13 bits per heavy atom. The van der Waals surface area contributed by atoms with Gasteiger partial charge in [0, 0.05) is 25.8 Å². The Balaban J connectivity index is 2.90. The number of ether oxygens (including phenoxy) is 3. The second-order valence-electron chi connectivity index (χ2n) is 6.99. The molecule has 0 bridgehead atoms. The Morgan fingerprint density at radius 1 is 0.968 bits per heavy atom. The summed E-state index contributed by atoms with van der Waals surface area (Å²) in [5.74, 6) is -2.27. The van der Waals surface area contributed by atoms with Crippen molar-refractivity contribution in [3.63, 3.8) is 0 Å². The highest BCUT2D eigenvalue weighted by Gasteiger charge is 2.21. The zero-order chi connectivity index (χ0) is 23.4. The number of hydrogen-bond acceptors (Lipinski definition) is 8. The van der Waals surface area contributed by atoms with Crippen molar-refractivity contribution in [1.82, 2.24) is 5.32 Å². The molecule has 9 nitrogen and oxygen atoms in total. The van der Waals surface area contributed by atoms with Gasteiger partial charge in [-0.05, 0) is 37.5 Å². The van der Waals surface area contributed by atoms with Gasteiger partial charge in [-0.1, -0.05) is 26.8 Å². The molecule has 1 rings (SSSR count). The number of carboxylic acid groups (broad SMARTS) is 1. The Bertz CT molecular complexity index is 777. The van der Waals surface area contributed by atoms with Gasteiger partial charge in [0.25, 0.3) is 0 Å². The number of hydrogen-bond donors (Lipinski definition) is 2. The molecule has 0 radical (unpaired) electrons. The van der Waals surface area contributed by atoms with E-state index in [4.69, 9.17) is 14.2 Å². The average Bonchev–Trinajstić information content (AvgIpc) is 2.72. The average molecular weight is 437 g/mol. The van der Waals surface area contributed by atoms with E-state index in [0.29, 0.717) is 18.4 Å². The molecule has 2 N–H and O–H groups in total. The van der Waals surface area contributed by atoms with Gasteiger partial charge >= 0.3 is 23.9 Å². The van der Waals surface area contributed by atoms with Crippen LogP contribution in [0.3, 0.4) is 0 Å². The van der Waals surface area contributed by atoms with E-state index in [2.05, 4.69) is 5.32 Å². The third kappa shape index (κ3) is 9.61. The molecule has 172 valence electrons. The molecular weight excluding hydrogens is 406 g/mol. The maximum Gasteiger partial charge on any atom is 0.321 e. The maximum atomic E-state index is 11.7. The summed E-state index contributed by atoms with van der Waals surface area (Å²) in [4.78, 5) is 46.6. The standard InChI is InChI=1S/C22H31NO8/c1-5-8-21(26)29-14(4)13-23-16(22(27)28)11-15-9-10-17(30-19(24)6-2)18(12-15)31-20(25)7-3/h9-10,12,14,16,23H,5-8,11,13H2,1-4H3,(H,27,28)/t14?,16-/m0/s1. The first-order valence-electron chi connectivity index (χ1n) is 10.4. The Hall–Kier alpha value is -2.94. The first-order valence-corrected chi connectivity index (χ1v) is 10.4. The molecule has 1 unspecified atom stereocenters.